The van der Waals surface area contributed by atoms with Crippen LogP contribution in [0.25, 0.3) is 0 Å². The molecule has 0 radical (unpaired) electrons. The third kappa shape index (κ3) is 2.93. The summed E-state index contributed by atoms with van der Waals surface area (Å²) in [5.74, 6) is -0.431. The van der Waals surface area contributed by atoms with Crippen molar-refractivity contribution in [3.05, 3.63) is 22.6 Å². The number of thioether (sulfide) groups is 1. The molecule has 0 aromatic carbocycles. The average Bonchev–Trinajstić information content (AvgIpc) is 2.73. The molecule has 1 aromatic rings. The quantitative estimate of drug-likeness (QED) is 0.665. The van der Waals surface area contributed by atoms with Crippen LogP contribution in [0.5, 0.6) is 0 Å². The highest BCUT2D eigenvalue weighted by Gasteiger charge is 2.26. The minimum atomic E-state index is -0.899. The maximum Gasteiger partial charge on any atom is 0.313 e. The van der Waals surface area contributed by atoms with Gasteiger partial charge in [-0.1, -0.05) is 25.1 Å². The van der Waals surface area contributed by atoms with Crippen molar-refractivity contribution in [1.82, 2.24) is 9.55 Å². The second-order valence-corrected chi connectivity index (χ2v) is 5.56. The molecular weight excluding hydrogens is 252 g/mol. The van der Waals surface area contributed by atoms with Crippen LogP contribution in [-0.2, 0) is 4.79 Å². The highest BCUT2D eigenvalue weighted by molar-refractivity contribution is 7.99. The fourth-order valence-electron chi connectivity index (χ4n) is 2.42. The fraction of sp³-hybridized carbons (Fsp3) is 0.583. The maximum absolute atomic E-state index is 11.3. The van der Waals surface area contributed by atoms with Crippen LogP contribution in [0, 0.1) is 5.92 Å². The molecule has 1 fully saturated rings. The predicted molar refractivity (Wildman–Crippen MR) is 68.9 cm³/mol. The lowest BCUT2D eigenvalue weighted by Crippen LogP contribution is -2.19. The van der Waals surface area contributed by atoms with Gasteiger partial charge in [-0.15, -0.1) is 0 Å². The van der Waals surface area contributed by atoms with Gasteiger partial charge < -0.3 is 9.67 Å². The van der Waals surface area contributed by atoms with Crippen LogP contribution >= 0.6 is 11.8 Å². The molecule has 2 atom stereocenters. The molecule has 0 spiro atoms. The zero-order valence-electron chi connectivity index (χ0n) is 10.2. The van der Waals surface area contributed by atoms with E-state index in [0.717, 1.165) is 18.2 Å². The zero-order valence-corrected chi connectivity index (χ0v) is 11.0. The third-order valence-corrected chi connectivity index (χ3v) is 4.25. The van der Waals surface area contributed by atoms with Crippen molar-refractivity contribution in [2.24, 2.45) is 5.92 Å². The van der Waals surface area contributed by atoms with Gasteiger partial charge in [0.05, 0.1) is 5.75 Å². The summed E-state index contributed by atoms with van der Waals surface area (Å²) in [4.78, 5) is 25.8. The Labute approximate surface area is 109 Å². The normalized spacial score (nSPS) is 23.2. The van der Waals surface area contributed by atoms with Gasteiger partial charge in [-0.25, -0.2) is 0 Å². The van der Waals surface area contributed by atoms with Gasteiger partial charge in [0.25, 0.3) is 5.56 Å². The molecule has 1 saturated carbocycles. The van der Waals surface area contributed by atoms with Crippen molar-refractivity contribution in [2.75, 3.05) is 5.75 Å². The summed E-state index contributed by atoms with van der Waals surface area (Å²) < 4.78 is 1.96. The van der Waals surface area contributed by atoms with Gasteiger partial charge in [0.15, 0.2) is 5.16 Å². The maximum atomic E-state index is 11.3. The molecule has 0 saturated heterocycles. The van der Waals surface area contributed by atoms with Crippen molar-refractivity contribution >= 4 is 17.7 Å². The number of aliphatic carboxylic acids is 1. The number of rotatable bonds is 4. The van der Waals surface area contributed by atoms with Crippen molar-refractivity contribution in [3.63, 3.8) is 0 Å². The molecular formula is C12H16N2O3S. The molecule has 1 heterocycles. The Bertz CT molecular complexity index is 500. The second kappa shape index (κ2) is 5.56. The number of carboxylic acids is 1. The first-order valence-corrected chi connectivity index (χ1v) is 7.00. The van der Waals surface area contributed by atoms with Gasteiger partial charge in [-0.2, -0.15) is 4.98 Å². The van der Waals surface area contributed by atoms with Gasteiger partial charge >= 0.3 is 5.97 Å². The lowest BCUT2D eigenvalue weighted by molar-refractivity contribution is -0.133. The van der Waals surface area contributed by atoms with E-state index in [2.05, 4.69) is 11.9 Å². The van der Waals surface area contributed by atoms with Gasteiger partial charge in [0.1, 0.15) is 0 Å². The van der Waals surface area contributed by atoms with Crippen molar-refractivity contribution in [3.8, 4) is 0 Å². The molecule has 1 N–H and O–H groups in total. The van der Waals surface area contributed by atoms with Crippen LogP contribution in [-0.4, -0.2) is 26.4 Å². The van der Waals surface area contributed by atoms with Crippen LogP contribution in [0.3, 0.4) is 0 Å². The van der Waals surface area contributed by atoms with E-state index in [9.17, 15) is 9.59 Å². The Morgan fingerprint density at radius 2 is 2.39 bits per heavy atom. The number of aromatic nitrogens is 2. The molecule has 2 unspecified atom stereocenters. The summed E-state index contributed by atoms with van der Waals surface area (Å²) in [5, 5.41) is 9.23. The number of hydrogen-bond acceptors (Lipinski definition) is 4. The largest absolute Gasteiger partial charge is 0.481 e. The lowest BCUT2D eigenvalue weighted by atomic mass is 10.1. The number of carbonyl (C=O) groups is 1. The summed E-state index contributed by atoms with van der Waals surface area (Å²) in [7, 11) is 0. The van der Waals surface area contributed by atoms with Gasteiger partial charge in [-0.05, 0) is 18.8 Å². The Kier molecular flexibility index (Phi) is 4.06. The summed E-state index contributed by atoms with van der Waals surface area (Å²) in [6.45, 7) is 2.18. The van der Waals surface area contributed by atoms with Gasteiger partial charge in [-0.3, -0.25) is 9.59 Å². The topological polar surface area (TPSA) is 72.2 Å². The van der Waals surface area contributed by atoms with E-state index < -0.39 is 5.97 Å². The van der Waals surface area contributed by atoms with Crippen molar-refractivity contribution < 1.29 is 9.90 Å². The Morgan fingerprint density at radius 3 is 3.00 bits per heavy atom. The molecule has 98 valence electrons. The standard InChI is InChI=1S/C12H16N2O3S/c1-8-3-2-4-9(8)14-6-5-10(15)13-12(14)18-7-11(16)17/h5-6,8-9H,2-4,7H2,1H3,(H,16,17). The molecule has 0 aliphatic heterocycles. The molecule has 5 nitrogen and oxygen atoms in total. The number of carboxylic acid groups (broad SMARTS) is 1. The average molecular weight is 268 g/mol. The third-order valence-electron chi connectivity index (χ3n) is 3.30. The van der Waals surface area contributed by atoms with Crippen molar-refractivity contribution in [1.29, 1.82) is 0 Å². The first kappa shape index (κ1) is 13.1. The van der Waals surface area contributed by atoms with E-state index in [-0.39, 0.29) is 11.3 Å². The van der Waals surface area contributed by atoms with Crippen LogP contribution in [0.15, 0.2) is 22.2 Å². The lowest BCUT2D eigenvalue weighted by Gasteiger charge is -2.21. The van der Waals surface area contributed by atoms with E-state index in [1.165, 1.54) is 18.9 Å². The van der Waals surface area contributed by atoms with E-state index in [1.54, 1.807) is 6.20 Å². The monoisotopic (exact) mass is 268 g/mol. The number of hydrogen-bond donors (Lipinski definition) is 1. The first-order chi connectivity index (χ1) is 8.58. The molecule has 0 amide bonds. The highest BCUT2D eigenvalue weighted by Crippen LogP contribution is 2.36. The second-order valence-electron chi connectivity index (χ2n) is 4.61. The SMILES string of the molecule is CC1CCCC1n1ccc(=O)nc1SCC(=O)O. The molecule has 1 aliphatic rings. The van der Waals surface area contributed by atoms with E-state index in [1.807, 2.05) is 4.57 Å². The van der Waals surface area contributed by atoms with Crippen LogP contribution < -0.4 is 5.56 Å². The van der Waals surface area contributed by atoms with Crippen LogP contribution in [0.1, 0.15) is 32.2 Å². The molecule has 2 rings (SSSR count). The minimum absolute atomic E-state index is 0.0719. The zero-order chi connectivity index (χ0) is 13.1. The highest BCUT2D eigenvalue weighted by atomic mass is 32.2. The Morgan fingerprint density at radius 1 is 1.61 bits per heavy atom. The van der Waals surface area contributed by atoms with Crippen LogP contribution in [0.4, 0.5) is 0 Å². The van der Waals surface area contributed by atoms with Gasteiger partial charge in [0, 0.05) is 18.3 Å². The van der Waals surface area contributed by atoms with Crippen LogP contribution in [0.2, 0.25) is 0 Å². The molecule has 1 aromatic heterocycles. The van der Waals surface area contributed by atoms with E-state index in [4.69, 9.17) is 5.11 Å². The van der Waals surface area contributed by atoms with Gasteiger partial charge in [0.2, 0.25) is 0 Å². The number of nitrogens with zero attached hydrogens (tertiary/aromatic N) is 2. The summed E-state index contributed by atoms with van der Waals surface area (Å²) >= 11 is 1.11. The predicted octanol–water partition coefficient (Wildman–Crippen LogP) is 1.78. The molecule has 18 heavy (non-hydrogen) atoms. The molecule has 6 heteroatoms. The summed E-state index contributed by atoms with van der Waals surface area (Å²) in [6, 6.07) is 1.77. The molecule has 0 bridgehead atoms. The molecule has 1 aliphatic carbocycles. The van der Waals surface area contributed by atoms with E-state index >= 15 is 0 Å². The summed E-state index contributed by atoms with van der Waals surface area (Å²) in [5.41, 5.74) is -0.315. The fourth-order valence-corrected chi connectivity index (χ4v) is 3.17. The smallest absolute Gasteiger partial charge is 0.313 e. The first-order valence-electron chi connectivity index (χ1n) is 6.01. The summed E-state index contributed by atoms with van der Waals surface area (Å²) in [6.07, 6.45) is 5.14. The Balaban J connectivity index is 2.27. The van der Waals surface area contributed by atoms with Crippen molar-refractivity contribution in [2.45, 2.75) is 37.4 Å². The van der Waals surface area contributed by atoms with E-state index in [0.29, 0.717) is 17.1 Å². The minimum Gasteiger partial charge on any atom is -0.481 e. The Hall–Kier alpha value is -1.30.